The van der Waals surface area contributed by atoms with Crippen molar-refractivity contribution < 1.29 is 0 Å². The van der Waals surface area contributed by atoms with Crippen LogP contribution in [0.3, 0.4) is 0 Å². The van der Waals surface area contributed by atoms with Crippen molar-refractivity contribution in [3.63, 3.8) is 0 Å². The Kier molecular flexibility index (Phi) is 2.66. The summed E-state index contributed by atoms with van der Waals surface area (Å²) < 4.78 is 0. The largest absolute Gasteiger partial charge is 0.368 e. The maximum absolute atomic E-state index is 5.80. The fraction of sp³-hybridized carbons (Fsp3) is 0.538. The number of thiophene rings is 1. The van der Waals surface area contributed by atoms with Crippen molar-refractivity contribution in [1.82, 2.24) is 9.97 Å². The highest BCUT2D eigenvalue weighted by Crippen LogP contribution is 2.35. The van der Waals surface area contributed by atoms with Gasteiger partial charge in [-0.15, -0.1) is 11.3 Å². The van der Waals surface area contributed by atoms with Crippen molar-refractivity contribution in [2.75, 3.05) is 23.7 Å². The van der Waals surface area contributed by atoms with Gasteiger partial charge in [0.15, 0.2) is 0 Å². The summed E-state index contributed by atoms with van der Waals surface area (Å²) in [7, 11) is 0. The average Bonchev–Trinajstić information content (AvgIpc) is 2.76. The Morgan fingerprint density at radius 3 is 2.72 bits per heavy atom. The molecule has 0 saturated carbocycles. The van der Waals surface area contributed by atoms with Crippen LogP contribution >= 0.6 is 11.3 Å². The molecule has 1 aliphatic rings. The highest BCUT2D eigenvalue weighted by molar-refractivity contribution is 7.16. The first-order valence-electron chi connectivity index (χ1n) is 6.31. The second-order valence-corrected chi connectivity index (χ2v) is 6.59. The van der Waals surface area contributed by atoms with Crippen LogP contribution in [0.5, 0.6) is 0 Å². The zero-order chi connectivity index (χ0) is 12.8. The third kappa shape index (κ3) is 2.03. The molecule has 3 heterocycles. The van der Waals surface area contributed by atoms with Crippen LogP contribution in [0.4, 0.5) is 11.8 Å². The summed E-state index contributed by atoms with van der Waals surface area (Å²) in [5.41, 5.74) is 6.25. The molecular weight excluding hydrogens is 244 g/mol. The van der Waals surface area contributed by atoms with Crippen LogP contribution in [0.1, 0.15) is 26.7 Å². The SMILES string of the molecule is CC1(C)CCN(c2nc(N)nc3sccc23)CC1. The van der Waals surface area contributed by atoms with Gasteiger partial charge in [0, 0.05) is 13.1 Å². The van der Waals surface area contributed by atoms with Crippen LogP contribution in [0.2, 0.25) is 0 Å². The number of nitrogen functional groups attached to an aromatic ring is 1. The van der Waals surface area contributed by atoms with E-state index in [2.05, 4.69) is 40.2 Å². The van der Waals surface area contributed by atoms with E-state index in [1.54, 1.807) is 11.3 Å². The molecule has 3 rings (SSSR count). The molecule has 0 unspecified atom stereocenters. The van der Waals surface area contributed by atoms with Crippen molar-refractivity contribution in [2.45, 2.75) is 26.7 Å². The lowest BCUT2D eigenvalue weighted by atomic mass is 9.83. The number of hydrogen-bond acceptors (Lipinski definition) is 5. The Labute approximate surface area is 111 Å². The van der Waals surface area contributed by atoms with E-state index >= 15 is 0 Å². The molecule has 96 valence electrons. The molecule has 2 N–H and O–H groups in total. The van der Waals surface area contributed by atoms with E-state index in [1.807, 2.05) is 0 Å². The fourth-order valence-corrected chi connectivity index (χ4v) is 3.19. The second kappa shape index (κ2) is 4.09. The molecule has 0 bridgehead atoms. The van der Waals surface area contributed by atoms with Crippen LogP contribution in [0, 0.1) is 5.41 Å². The molecule has 0 atom stereocenters. The van der Waals surface area contributed by atoms with Crippen LogP contribution in [-0.4, -0.2) is 23.1 Å². The van der Waals surface area contributed by atoms with E-state index in [1.165, 1.54) is 12.8 Å². The zero-order valence-electron chi connectivity index (χ0n) is 10.8. The molecule has 0 aromatic carbocycles. The summed E-state index contributed by atoms with van der Waals surface area (Å²) in [5.74, 6) is 1.39. The smallest absolute Gasteiger partial charge is 0.223 e. The fourth-order valence-electron chi connectivity index (χ4n) is 2.42. The Balaban J connectivity index is 1.97. The summed E-state index contributed by atoms with van der Waals surface area (Å²) in [4.78, 5) is 12.1. The normalized spacial score (nSPS) is 19.3. The quantitative estimate of drug-likeness (QED) is 0.858. The molecule has 1 saturated heterocycles. The maximum Gasteiger partial charge on any atom is 0.223 e. The van der Waals surface area contributed by atoms with Gasteiger partial charge in [-0.1, -0.05) is 13.8 Å². The Morgan fingerprint density at radius 1 is 1.28 bits per heavy atom. The van der Waals surface area contributed by atoms with Gasteiger partial charge in [-0.3, -0.25) is 0 Å². The van der Waals surface area contributed by atoms with Crippen LogP contribution in [-0.2, 0) is 0 Å². The van der Waals surface area contributed by atoms with E-state index in [0.717, 1.165) is 29.1 Å². The maximum atomic E-state index is 5.80. The Morgan fingerprint density at radius 2 is 2.00 bits per heavy atom. The molecule has 2 aromatic heterocycles. The standard InChI is InChI=1S/C13H18N4S/c1-13(2)4-6-17(7-5-13)10-9-3-8-18-11(9)16-12(14)15-10/h3,8H,4-7H2,1-2H3,(H2,14,15,16). The van der Waals surface area contributed by atoms with Crippen molar-refractivity contribution in [1.29, 1.82) is 0 Å². The molecule has 4 nitrogen and oxygen atoms in total. The second-order valence-electron chi connectivity index (χ2n) is 5.70. The topological polar surface area (TPSA) is 55.0 Å². The molecule has 0 aliphatic carbocycles. The van der Waals surface area contributed by atoms with Gasteiger partial charge >= 0.3 is 0 Å². The molecular formula is C13H18N4S. The van der Waals surface area contributed by atoms with Gasteiger partial charge in [0.2, 0.25) is 5.95 Å². The van der Waals surface area contributed by atoms with Crippen LogP contribution in [0.15, 0.2) is 11.4 Å². The number of nitrogens with zero attached hydrogens (tertiary/aromatic N) is 3. The van der Waals surface area contributed by atoms with Gasteiger partial charge in [0.05, 0.1) is 5.39 Å². The van der Waals surface area contributed by atoms with Gasteiger partial charge in [0.1, 0.15) is 10.6 Å². The van der Waals surface area contributed by atoms with E-state index in [9.17, 15) is 0 Å². The van der Waals surface area contributed by atoms with Crippen molar-refractivity contribution in [2.24, 2.45) is 5.41 Å². The summed E-state index contributed by atoms with van der Waals surface area (Å²) >= 11 is 1.62. The number of anilines is 2. The van der Waals surface area contributed by atoms with Crippen molar-refractivity contribution in [3.8, 4) is 0 Å². The lowest BCUT2D eigenvalue weighted by Crippen LogP contribution is -2.37. The van der Waals surface area contributed by atoms with Gasteiger partial charge < -0.3 is 10.6 Å². The van der Waals surface area contributed by atoms with E-state index in [4.69, 9.17) is 5.73 Å². The van der Waals surface area contributed by atoms with Gasteiger partial charge in [0.25, 0.3) is 0 Å². The molecule has 0 spiro atoms. The first kappa shape index (κ1) is 11.7. The van der Waals surface area contributed by atoms with Crippen LogP contribution in [0.25, 0.3) is 10.2 Å². The summed E-state index contributed by atoms with van der Waals surface area (Å²) in [5, 5.41) is 3.19. The highest BCUT2D eigenvalue weighted by Gasteiger charge is 2.27. The monoisotopic (exact) mass is 262 g/mol. The van der Waals surface area contributed by atoms with Crippen molar-refractivity contribution in [3.05, 3.63) is 11.4 Å². The van der Waals surface area contributed by atoms with E-state index < -0.39 is 0 Å². The van der Waals surface area contributed by atoms with Gasteiger partial charge in [-0.25, -0.2) is 4.98 Å². The molecule has 1 fully saturated rings. The minimum Gasteiger partial charge on any atom is -0.368 e. The summed E-state index contributed by atoms with van der Waals surface area (Å²) in [6.07, 6.45) is 2.39. The van der Waals surface area contributed by atoms with E-state index in [-0.39, 0.29) is 0 Å². The predicted molar refractivity (Wildman–Crippen MR) is 77.1 cm³/mol. The molecule has 0 amide bonds. The number of aromatic nitrogens is 2. The Hall–Kier alpha value is -1.36. The third-order valence-electron chi connectivity index (χ3n) is 3.74. The highest BCUT2D eigenvalue weighted by atomic mass is 32.1. The van der Waals surface area contributed by atoms with Gasteiger partial charge in [-0.2, -0.15) is 4.98 Å². The minimum absolute atomic E-state index is 0.379. The molecule has 1 aliphatic heterocycles. The minimum atomic E-state index is 0.379. The summed E-state index contributed by atoms with van der Waals surface area (Å²) in [6, 6.07) is 2.09. The number of rotatable bonds is 1. The molecule has 18 heavy (non-hydrogen) atoms. The van der Waals surface area contributed by atoms with Crippen molar-refractivity contribution >= 4 is 33.3 Å². The van der Waals surface area contributed by atoms with E-state index in [0.29, 0.717) is 11.4 Å². The first-order chi connectivity index (χ1) is 8.55. The zero-order valence-corrected chi connectivity index (χ0v) is 11.6. The Bertz CT molecular complexity index is 565. The lowest BCUT2D eigenvalue weighted by molar-refractivity contribution is 0.279. The first-order valence-corrected chi connectivity index (χ1v) is 7.19. The number of fused-ring (bicyclic) bond motifs is 1. The molecule has 2 aromatic rings. The number of piperidine rings is 1. The predicted octanol–water partition coefficient (Wildman–Crippen LogP) is 2.90. The lowest BCUT2D eigenvalue weighted by Gasteiger charge is -2.37. The third-order valence-corrected chi connectivity index (χ3v) is 4.55. The number of hydrogen-bond donors (Lipinski definition) is 1. The van der Waals surface area contributed by atoms with Crippen LogP contribution < -0.4 is 10.6 Å². The molecule has 0 radical (unpaired) electrons. The summed E-state index contributed by atoms with van der Waals surface area (Å²) in [6.45, 7) is 6.76. The number of nitrogens with two attached hydrogens (primary N) is 1. The van der Waals surface area contributed by atoms with Gasteiger partial charge in [-0.05, 0) is 29.7 Å². The molecule has 5 heteroatoms. The average molecular weight is 262 g/mol.